The Hall–Kier alpha value is -2.63. The van der Waals surface area contributed by atoms with Gasteiger partial charge in [-0.25, -0.2) is 4.98 Å². The molecule has 0 atom stereocenters. The van der Waals surface area contributed by atoms with Crippen LogP contribution in [-0.2, 0) is 11.3 Å². The number of hydrogen-bond donors (Lipinski definition) is 1. The highest BCUT2D eigenvalue weighted by Gasteiger charge is 2.09. The number of hydrogen-bond acceptors (Lipinski definition) is 4. The number of rotatable bonds is 14. The third-order valence-corrected chi connectivity index (χ3v) is 4.50. The zero-order chi connectivity index (χ0) is 20.0. The van der Waals surface area contributed by atoms with E-state index in [1.165, 1.54) is 0 Å². The number of Topliss-reactive ketones (excluding diaryl/α,β-unsaturated/α-hetero) is 1. The summed E-state index contributed by atoms with van der Waals surface area (Å²) in [4.78, 5) is 28.1. The van der Waals surface area contributed by atoms with Gasteiger partial charge in [0.2, 0.25) is 5.91 Å². The first-order valence-electron chi connectivity index (χ1n) is 10.2. The SMILES string of the molecule is CCCCCOc1ccc(C(=O)CCC(=O)NCCCCn2ccnc2)cc1. The van der Waals surface area contributed by atoms with E-state index in [-0.39, 0.29) is 24.5 Å². The Bertz CT molecular complexity index is 696. The van der Waals surface area contributed by atoms with Gasteiger partial charge in [-0.3, -0.25) is 9.59 Å². The van der Waals surface area contributed by atoms with Crippen molar-refractivity contribution in [2.24, 2.45) is 0 Å². The number of carbonyl (C=O) groups is 2. The number of ketones is 1. The lowest BCUT2D eigenvalue weighted by molar-refractivity contribution is -0.121. The zero-order valence-electron chi connectivity index (χ0n) is 16.7. The molecule has 0 saturated heterocycles. The van der Waals surface area contributed by atoms with Crippen molar-refractivity contribution in [2.45, 2.75) is 58.4 Å². The lowest BCUT2D eigenvalue weighted by Gasteiger charge is -2.07. The first kappa shape index (κ1) is 21.7. The third kappa shape index (κ3) is 8.37. The Morgan fingerprint density at radius 3 is 2.61 bits per heavy atom. The van der Waals surface area contributed by atoms with Crippen molar-refractivity contribution in [3.8, 4) is 5.75 Å². The van der Waals surface area contributed by atoms with Crippen molar-refractivity contribution in [3.63, 3.8) is 0 Å². The number of aromatic nitrogens is 2. The first-order chi connectivity index (χ1) is 13.7. The highest BCUT2D eigenvalue weighted by molar-refractivity contribution is 5.98. The first-order valence-corrected chi connectivity index (χ1v) is 10.2. The molecule has 1 N–H and O–H groups in total. The molecule has 1 heterocycles. The minimum absolute atomic E-state index is 0.0206. The predicted molar refractivity (Wildman–Crippen MR) is 109 cm³/mol. The number of imidazole rings is 1. The standard InChI is InChI=1S/C22H31N3O3/c1-2-3-6-17-28-20-9-7-19(8-10-20)21(26)11-12-22(27)24-13-4-5-15-25-16-14-23-18-25/h7-10,14,16,18H,2-6,11-13,15,17H2,1H3,(H,24,27). The maximum atomic E-state index is 12.2. The molecule has 0 saturated carbocycles. The summed E-state index contributed by atoms with van der Waals surface area (Å²) in [6, 6.07) is 7.18. The van der Waals surface area contributed by atoms with Gasteiger partial charge in [-0.05, 0) is 43.5 Å². The van der Waals surface area contributed by atoms with Crippen LogP contribution in [0, 0.1) is 0 Å². The van der Waals surface area contributed by atoms with E-state index in [0.29, 0.717) is 18.7 Å². The van der Waals surface area contributed by atoms with E-state index < -0.39 is 0 Å². The van der Waals surface area contributed by atoms with Gasteiger partial charge in [0.05, 0.1) is 12.9 Å². The van der Waals surface area contributed by atoms with Crippen molar-refractivity contribution in [2.75, 3.05) is 13.2 Å². The topological polar surface area (TPSA) is 73.2 Å². The van der Waals surface area contributed by atoms with Crippen molar-refractivity contribution >= 4 is 11.7 Å². The largest absolute Gasteiger partial charge is 0.494 e. The minimum Gasteiger partial charge on any atom is -0.494 e. The van der Waals surface area contributed by atoms with E-state index in [0.717, 1.165) is 44.4 Å². The Kier molecular flexibility index (Phi) is 9.83. The normalized spacial score (nSPS) is 10.6. The number of nitrogens with zero attached hydrogens (tertiary/aromatic N) is 2. The summed E-state index contributed by atoms with van der Waals surface area (Å²) in [6.45, 7) is 4.38. The number of benzene rings is 1. The molecule has 152 valence electrons. The molecular weight excluding hydrogens is 354 g/mol. The molecule has 0 bridgehead atoms. The second-order valence-electron chi connectivity index (χ2n) is 6.86. The monoisotopic (exact) mass is 385 g/mol. The van der Waals surface area contributed by atoms with E-state index in [9.17, 15) is 9.59 Å². The van der Waals surface area contributed by atoms with Crippen molar-refractivity contribution in [3.05, 3.63) is 48.5 Å². The molecule has 0 aliphatic carbocycles. The van der Waals surface area contributed by atoms with E-state index in [1.807, 2.05) is 22.9 Å². The summed E-state index contributed by atoms with van der Waals surface area (Å²) in [6.07, 6.45) is 11.1. The average molecular weight is 386 g/mol. The second-order valence-corrected chi connectivity index (χ2v) is 6.86. The molecule has 1 aromatic heterocycles. The van der Waals surface area contributed by atoms with Gasteiger partial charge in [0.1, 0.15) is 5.75 Å². The quantitative estimate of drug-likeness (QED) is 0.394. The van der Waals surface area contributed by atoms with Gasteiger partial charge < -0.3 is 14.6 Å². The second kappa shape index (κ2) is 12.7. The summed E-state index contributed by atoms with van der Waals surface area (Å²) in [5, 5.41) is 2.88. The summed E-state index contributed by atoms with van der Waals surface area (Å²) in [5.74, 6) is 0.681. The molecule has 6 nitrogen and oxygen atoms in total. The molecule has 2 rings (SSSR count). The molecular formula is C22H31N3O3. The smallest absolute Gasteiger partial charge is 0.220 e. The van der Waals surface area contributed by atoms with Crippen molar-refractivity contribution in [1.82, 2.24) is 14.9 Å². The number of aryl methyl sites for hydroxylation is 1. The van der Waals surface area contributed by atoms with Gasteiger partial charge in [0.15, 0.2) is 5.78 Å². The molecule has 0 fully saturated rings. The van der Waals surface area contributed by atoms with Crippen LogP contribution < -0.4 is 10.1 Å². The molecule has 0 aliphatic heterocycles. The van der Waals surface area contributed by atoms with Gasteiger partial charge >= 0.3 is 0 Å². The highest BCUT2D eigenvalue weighted by atomic mass is 16.5. The molecule has 0 spiro atoms. The summed E-state index contributed by atoms with van der Waals surface area (Å²) < 4.78 is 7.66. The highest BCUT2D eigenvalue weighted by Crippen LogP contribution is 2.14. The maximum Gasteiger partial charge on any atom is 0.220 e. The number of carbonyl (C=O) groups excluding carboxylic acids is 2. The van der Waals surface area contributed by atoms with Crippen LogP contribution in [0.1, 0.15) is 62.2 Å². The van der Waals surface area contributed by atoms with Gasteiger partial charge in [-0.1, -0.05) is 19.8 Å². The van der Waals surface area contributed by atoms with Crippen LogP contribution >= 0.6 is 0 Å². The summed E-state index contributed by atoms with van der Waals surface area (Å²) >= 11 is 0. The van der Waals surface area contributed by atoms with Gasteiger partial charge in [-0.15, -0.1) is 0 Å². The maximum absolute atomic E-state index is 12.2. The number of unbranched alkanes of at least 4 members (excludes halogenated alkanes) is 3. The molecule has 6 heteroatoms. The molecule has 0 radical (unpaired) electrons. The van der Waals surface area contributed by atoms with E-state index in [4.69, 9.17) is 4.74 Å². The van der Waals surface area contributed by atoms with Crippen LogP contribution in [0.4, 0.5) is 0 Å². The van der Waals surface area contributed by atoms with Gasteiger partial charge in [0.25, 0.3) is 0 Å². The fourth-order valence-electron chi connectivity index (χ4n) is 2.81. The van der Waals surface area contributed by atoms with Crippen LogP contribution in [0.25, 0.3) is 0 Å². The third-order valence-electron chi connectivity index (χ3n) is 4.50. The van der Waals surface area contributed by atoms with E-state index in [1.54, 1.807) is 24.7 Å². The van der Waals surface area contributed by atoms with Crippen LogP contribution in [0.3, 0.4) is 0 Å². The fraction of sp³-hybridized carbons (Fsp3) is 0.500. The Labute approximate surface area is 167 Å². The lowest BCUT2D eigenvalue weighted by Crippen LogP contribution is -2.25. The van der Waals surface area contributed by atoms with Gasteiger partial charge in [0, 0.05) is 43.9 Å². The minimum atomic E-state index is -0.0770. The van der Waals surface area contributed by atoms with Gasteiger partial charge in [-0.2, -0.15) is 0 Å². The van der Waals surface area contributed by atoms with Crippen molar-refractivity contribution in [1.29, 1.82) is 0 Å². The van der Waals surface area contributed by atoms with Crippen molar-refractivity contribution < 1.29 is 14.3 Å². The Morgan fingerprint density at radius 1 is 1.07 bits per heavy atom. The number of ether oxygens (including phenoxy) is 1. The fourth-order valence-corrected chi connectivity index (χ4v) is 2.81. The van der Waals surface area contributed by atoms with Crippen LogP contribution in [0.5, 0.6) is 5.75 Å². The zero-order valence-corrected chi connectivity index (χ0v) is 16.7. The summed E-state index contributed by atoms with van der Waals surface area (Å²) in [7, 11) is 0. The van der Waals surface area contributed by atoms with Crippen LogP contribution in [0.15, 0.2) is 43.0 Å². The molecule has 2 aromatic rings. The molecule has 28 heavy (non-hydrogen) atoms. The Balaban J connectivity index is 1.58. The van der Waals surface area contributed by atoms with E-state index >= 15 is 0 Å². The Morgan fingerprint density at radius 2 is 1.89 bits per heavy atom. The average Bonchev–Trinajstić information content (AvgIpc) is 3.23. The van der Waals surface area contributed by atoms with E-state index in [2.05, 4.69) is 17.2 Å². The number of amides is 1. The van der Waals surface area contributed by atoms with Crippen LogP contribution in [-0.4, -0.2) is 34.4 Å². The lowest BCUT2D eigenvalue weighted by atomic mass is 10.1. The number of nitrogens with one attached hydrogen (secondary N) is 1. The molecule has 1 aromatic carbocycles. The molecule has 0 unspecified atom stereocenters. The van der Waals surface area contributed by atoms with Crippen LogP contribution in [0.2, 0.25) is 0 Å². The summed E-state index contributed by atoms with van der Waals surface area (Å²) in [5.41, 5.74) is 0.619. The molecule has 1 amide bonds. The molecule has 0 aliphatic rings. The predicted octanol–water partition coefficient (Wildman–Crippen LogP) is 4.01.